The molecule has 0 spiro atoms. The average molecular weight is 475 g/mol. The summed E-state index contributed by atoms with van der Waals surface area (Å²) in [5, 5.41) is 0.0429. The first kappa shape index (κ1) is 23.1. The van der Waals surface area contributed by atoms with E-state index >= 15 is 0 Å². The Morgan fingerprint density at radius 1 is 1.00 bits per heavy atom. The Morgan fingerprint density at radius 3 is 2.17 bits per heavy atom. The second-order valence-corrected chi connectivity index (χ2v) is 11.3. The predicted octanol–water partition coefficient (Wildman–Crippen LogP) is 3.16. The standard InChI is InChI=1S/C18H18ClFN2O4S2.C2H6/c19-11-5-6-17(28(25,26)22-9-13-12(8-21)14(13)10-22)18(7-11)27(23,24)16-4-2-1-3-15(16)20;1-2/h1-7,12-14H,8-10,21H2;1-2H3. The SMILES string of the molecule is CC.NCC1C2CN(S(=O)(=O)c3ccc(Cl)cc3S(=O)(=O)c3ccccc3F)CC12. The van der Waals surface area contributed by atoms with Crippen LogP contribution in [0.15, 0.2) is 57.2 Å². The summed E-state index contributed by atoms with van der Waals surface area (Å²) in [5.41, 5.74) is 5.67. The average Bonchev–Trinajstić information content (AvgIpc) is 3.19. The second-order valence-electron chi connectivity index (χ2n) is 7.07. The van der Waals surface area contributed by atoms with Crippen molar-refractivity contribution in [1.29, 1.82) is 0 Å². The summed E-state index contributed by atoms with van der Waals surface area (Å²) in [6, 6.07) is 8.36. The van der Waals surface area contributed by atoms with E-state index in [0.29, 0.717) is 25.6 Å². The lowest BCUT2D eigenvalue weighted by Gasteiger charge is -2.21. The van der Waals surface area contributed by atoms with Crippen LogP contribution in [0.4, 0.5) is 4.39 Å². The molecule has 1 heterocycles. The molecule has 2 N–H and O–H groups in total. The molecule has 0 aromatic heterocycles. The number of rotatable bonds is 5. The lowest BCUT2D eigenvalue weighted by molar-refractivity contribution is 0.412. The summed E-state index contributed by atoms with van der Waals surface area (Å²) in [4.78, 5) is -1.52. The molecule has 2 aliphatic rings. The number of nitrogens with two attached hydrogens (primary N) is 1. The molecule has 10 heteroatoms. The highest BCUT2D eigenvalue weighted by Crippen LogP contribution is 2.52. The summed E-state index contributed by atoms with van der Waals surface area (Å²) < 4.78 is 67.9. The van der Waals surface area contributed by atoms with Crippen molar-refractivity contribution >= 4 is 31.5 Å². The Bertz CT molecular complexity index is 1140. The smallest absolute Gasteiger partial charge is 0.244 e. The fourth-order valence-corrected chi connectivity index (χ4v) is 7.87. The van der Waals surface area contributed by atoms with Gasteiger partial charge in [-0.2, -0.15) is 4.31 Å². The number of benzene rings is 2. The summed E-state index contributed by atoms with van der Waals surface area (Å²) in [6.07, 6.45) is 0. The number of sulfonamides is 1. The minimum atomic E-state index is -4.44. The molecule has 2 atom stereocenters. The highest BCUT2D eigenvalue weighted by molar-refractivity contribution is 7.93. The molecule has 0 radical (unpaired) electrons. The maximum absolute atomic E-state index is 14.2. The number of hydrogen-bond donors (Lipinski definition) is 1. The van der Waals surface area contributed by atoms with Gasteiger partial charge in [-0.25, -0.2) is 21.2 Å². The Morgan fingerprint density at radius 2 is 1.60 bits per heavy atom. The van der Waals surface area contributed by atoms with E-state index in [9.17, 15) is 21.2 Å². The van der Waals surface area contributed by atoms with Crippen LogP contribution in [-0.4, -0.2) is 40.8 Å². The third-order valence-electron chi connectivity index (χ3n) is 5.55. The van der Waals surface area contributed by atoms with Crippen molar-refractivity contribution in [3.63, 3.8) is 0 Å². The van der Waals surface area contributed by atoms with Gasteiger partial charge in [-0.1, -0.05) is 37.6 Å². The third kappa shape index (κ3) is 3.89. The van der Waals surface area contributed by atoms with Gasteiger partial charge in [0.15, 0.2) is 0 Å². The van der Waals surface area contributed by atoms with Crippen LogP contribution in [-0.2, 0) is 19.9 Å². The van der Waals surface area contributed by atoms with E-state index in [4.69, 9.17) is 17.3 Å². The van der Waals surface area contributed by atoms with E-state index in [-0.39, 0.29) is 16.9 Å². The van der Waals surface area contributed by atoms with E-state index < -0.39 is 40.4 Å². The zero-order chi connectivity index (χ0) is 22.3. The molecule has 6 nitrogen and oxygen atoms in total. The molecule has 0 bridgehead atoms. The highest BCUT2D eigenvalue weighted by Gasteiger charge is 2.57. The second kappa shape index (κ2) is 8.55. The van der Waals surface area contributed by atoms with E-state index in [2.05, 4.69) is 0 Å². The maximum atomic E-state index is 14.2. The molecule has 0 amide bonds. The number of fused-ring (bicyclic) bond motifs is 1. The van der Waals surface area contributed by atoms with Gasteiger partial charge >= 0.3 is 0 Å². The summed E-state index contributed by atoms with van der Waals surface area (Å²) >= 11 is 5.95. The van der Waals surface area contributed by atoms with Crippen LogP contribution in [0, 0.1) is 23.6 Å². The van der Waals surface area contributed by atoms with Crippen LogP contribution in [0.1, 0.15) is 13.8 Å². The Hall–Kier alpha value is -1.52. The van der Waals surface area contributed by atoms with Crippen molar-refractivity contribution in [3.8, 4) is 0 Å². The largest absolute Gasteiger partial charge is 0.330 e. The van der Waals surface area contributed by atoms with Crippen LogP contribution >= 0.6 is 11.6 Å². The molecule has 1 saturated carbocycles. The van der Waals surface area contributed by atoms with Gasteiger partial charge in [0.1, 0.15) is 15.6 Å². The van der Waals surface area contributed by atoms with Crippen LogP contribution < -0.4 is 5.73 Å². The number of piperidine rings is 1. The fourth-order valence-electron chi connectivity index (χ4n) is 3.98. The van der Waals surface area contributed by atoms with Crippen molar-refractivity contribution in [2.24, 2.45) is 23.5 Å². The number of nitrogens with zero attached hydrogens (tertiary/aromatic N) is 1. The molecular formula is C20H24ClFN2O4S2. The molecule has 1 aliphatic heterocycles. The predicted molar refractivity (Wildman–Crippen MR) is 113 cm³/mol. The van der Waals surface area contributed by atoms with E-state index in [1.54, 1.807) is 0 Å². The number of sulfone groups is 1. The van der Waals surface area contributed by atoms with Gasteiger partial charge in [0.25, 0.3) is 0 Å². The number of hydrogen-bond acceptors (Lipinski definition) is 5. The first-order valence-corrected chi connectivity index (χ1v) is 13.0. The van der Waals surface area contributed by atoms with E-state index in [1.807, 2.05) is 13.8 Å². The minimum absolute atomic E-state index is 0.0429. The van der Waals surface area contributed by atoms with E-state index in [0.717, 1.165) is 24.3 Å². The van der Waals surface area contributed by atoms with Crippen molar-refractivity contribution in [3.05, 3.63) is 53.3 Å². The Balaban J connectivity index is 0.00000124. The molecule has 1 aliphatic carbocycles. The normalized spacial score (nSPS) is 23.4. The molecule has 2 unspecified atom stereocenters. The molecule has 2 fully saturated rings. The van der Waals surface area contributed by atoms with Gasteiger partial charge in [-0.05, 0) is 54.6 Å². The maximum Gasteiger partial charge on any atom is 0.244 e. The van der Waals surface area contributed by atoms with Crippen molar-refractivity contribution in [2.45, 2.75) is 28.5 Å². The first-order valence-electron chi connectivity index (χ1n) is 9.67. The monoisotopic (exact) mass is 474 g/mol. The topological polar surface area (TPSA) is 97.5 Å². The Labute approximate surface area is 181 Å². The van der Waals surface area contributed by atoms with Crippen molar-refractivity contribution in [1.82, 2.24) is 4.31 Å². The van der Waals surface area contributed by atoms with Crippen molar-refractivity contribution < 1.29 is 21.2 Å². The first-order chi connectivity index (χ1) is 14.2. The quantitative estimate of drug-likeness (QED) is 0.717. The lowest BCUT2D eigenvalue weighted by atomic mass is 10.3. The Kier molecular flexibility index (Phi) is 6.60. The minimum Gasteiger partial charge on any atom is -0.330 e. The fraction of sp³-hybridized carbons (Fsp3) is 0.400. The number of halogens is 2. The molecule has 1 saturated heterocycles. The van der Waals surface area contributed by atoms with Gasteiger partial charge in [0, 0.05) is 18.1 Å². The van der Waals surface area contributed by atoms with Crippen LogP contribution in [0.2, 0.25) is 5.02 Å². The molecule has 4 rings (SSSR count). The van der Waals surface area contributed by atoms with Crippen LogP contribution in [0.25, 0.3) is 0 Å². The van der Waals surface area contributed by atoms with Crippen LogP contribution in [0.5, 0.6) is 0 Å². The molecule has 2 aromatic rings. The molecule has 164 valence electrons. The van der Waals surface area contributed by atoms with Gasteiger partial charge in [0.2, 0.25) is 19.9 Å². The summed E-state index contributed by atoms with van der Waals surface area (Å²) in [5.74, 6) is -0.227. The third-order valence-corrected chi connectivity index (χ3v) is 9.63. The highest BCUT2D eigenvalue weighted by atomic mass is 35.5. The van der Waals surface area contributed by atoms with Gasteiger partial charge in [-0.15, -0.1) is 0 Å². The van der Waals surface area contributed by atoms with Crippen LogP contribution in [0.3, 0.4) is 0 Å². The van der Waals surface area contributed by atoms with Gasteiger partial charge in [-0.3, -0.25) is 0 Å². The zero-order valence-corrected chi connectivity index (χ0v) is 19.0. The molecule has 2 aromatic carbocycles. The molecular weight excluding hydrogens is 451 g/mol. The van der Waals surface area contributed by atoms with Gasteiger partial charge < -0.3 is 5.73 Å². The van der Waals surface area contributed by atoms with Crippen molar-refractivity contribution in [2.75, 3.05) is 19.6 Å². The zero-order valence-electron chi connectivity index (χ0n) is 16.6. The lowest BCUT2D eigenvalue weighted by Crippen LogP contribution is -2.33. The van der Waals surface area contributed by atoms with Gasteiger partial charge in [0.05, 0.1) is 4.90 Å². The van der Waals surface area contributed by atoms with E-state index in [1.165, 1.54) is 22.5 Å². The summed E-state index contributed by atoms with van der Waals surface area (Å²) in [6.45, 7) is 5.12. The molecule has 30 heavy (non-hydrogen) atoms. The summed E-state index contributed by atoms with van der Waals surface area (Å²) in [7, 11) is -8.53.